The van der Waals surface area contributed by atoms with Gasteiger partial charge in [0.2, 0.25) is 0 Å². The quantitative estimate of drug-likeness (QED) is 0.712. The Labute approximate surface area is 112 Å². The van der Waals surface area contributed by atoms with Crippen molar-refractivity contribution in [3.63, 3.8) is 0 Å². The van der Waals surface area contributed by atoms with E-state index in [9.17, 15) is 0 Å². The van der Waals surface area contributed by atoms with Crippen molar-refractivity contribution in [1.29, 1.82) is 0 Å². The van der Waals surface area contributed by atoms with Crippen molar-refractivity contribution in [2.24, 2.45) is 5.92 Å². The SMILES string of the molecule is CC(C)Cc1ccc(CNCCCN(C)C)cc1. The van der Waals surface area contributed by atoms with Crippen molar-refractivity contribution < 1.29 is 0 Å². The second-order valence-electron chi connectivity index (χ2n) is 5.75. The molecule has 0 aliphatic heterocycles. The van der Waals surface area contributed by atoms with Gasteiger partial charge in [-0.3, -0.25) is 0 Å². The molecule has 102 valence electrons. The summed E-state index contributed by atoms with van der Waals surface area (Å²) in [6.07, 6.45) is 2.38. The summed E-state index contributed by atoms with van der Waals surface area (Å²) >= 11 is 0. The van der Waals surface area contributed by atoms with E-state index < -0.39 is 0 Å². The summed E-state index contributed by atoms with van der Waals surface area (Å²) in [7, 11) is 4.24. The molecule has 0 amide bonds. The highest BCUT2D eigenvalue weighted by Gasteiger charge is 1.98. The van der Waals surface area contributed by atoms with E-state index in [0.717, 1.165) is 25.6 Å². The summed E-state index contributed by atoms with van der Waals surface area (Å²) in [4.78, 5) is 2.22. The average Bonchev–Trinajstić information content (AvgIpc) is 2.30. The molecule has 0 atom stereocenters. The Bertz CT molecular complexity index is 314. The smallest absolute Gasteiger partial charge is 0.0205 e. The third kappa shape index (κ3) is 6.77. The van der Waals surface area contributed by atoms with E-state index in [4.69, 9.17) is 0 Å². The molecular weight excluding hydrogens is 220 g/mol. The summed E-state index contributed by atoms with van der Waals surface area (Å²) in [5.74, 6) is 0.736. The first-order valence-corrected chi connectivity index (χ1v) is 7.01. The van der Waals surface area contributed by atoms with E-state index in [2.05, 4.69) is 62.4 Å². The van der Waals surface area contributed by atoms with Crippen molar-refractivity contribution in [2.75, 3.05) is 27.2 Å². The van der Waals surface area contributed by atoms with Gasteiger partial charge in [0.25, 0.3) is 0 Å². The van der Waals surface area contributed by atoms with E-state index >= 15 is 0 Å². The lowest BCUT2D eigenvalue weighted by molar-refractivity contribution is 0.394. The molecule has 0 heterocycles. The molecule has 1 N–H and O–H groups in total. The minimum atomic E-state index is 0.736. The van der Waals surface area contributed by atoms with Gasteiger partial charge in [-0.15, -0.1) is 0 Å². The van der Waals surface area contributed by atoms with Gasteiger partial charge in [0.05, 0.1) is 0 Å². The van der Waals surface area contributed by atoms with E-state index in [1.54, 1.807) is 0 Å². The zero-order chi connectivity index (χ0) is 13.4. The summed E-state index contributed by atoms with van der Waals surface area (Å²) in [6.45, 7) is 7.75. The molecule has 0 saturated heterocycles. The first-order valence-electron chi connectivity index (χ1n) is 7.01. The van der Waals surface area contributed by atoms with Gasteiger partial charge in [0, 0.05) is 6.54 Å². The summed E-state index contributed by atoms with van der Waals surface area (Å²) < 4.78 is 0. The van der Waals surface area contributed by atoms with Crippen LogP contribution in [0.25, 0.3) is 0 Å². The Morgan fingerprint density at radius 3 is 2.22 bits per heavy atom. The zero-order valence-electron chi connectivity index (χ0n) is 12.4. The summed E-state index contributed by atoms with van der Waals surface area (Å²) in [6, 6.07) is 9.01. The number of hydrogen-bond acceptors (Lipinski definition) is 2. The molecule has 18 heavy (non-hydrogen) atoms. The molecule has 1 aromatic carbocycles. The molecule has 0 unspecified atom stereocenters. The second-order valence-corrected chi connectivity index (χ2v) is 5.75. The highest BCUT2D eigenvalue weighted by molar-refractivity contribution is 5.22. The topological polar surface area (TPSA) is 15.3 Å². The maximum Gasteiger partial charge on any atom is 0.0205 e. The van der Waals surface area contributed by atoms with Gasteiger partial charge in [0.15, 0.2) is 0 Å². The normalized spacial score (nSPS) is 11.4. The maximum atomic E-state index is 3.49. The monoisotopic (exact) mass is 248 g/mol. The van der Waals surface area contributed by atoms with Crippen LogP contribution in [0.2, 0.25) is 0 Å². The lowest BCUT2D eigenvalue weighted by Gasteiger charge is -2.10. The summed E-state index contributed by atoms with van der Waals surface area (Å²) in [5.41, 5.74) is 2.83. The number of benzene rings is 1. The van der Waals surface area contributed by atoms with Gasteiger partial charge in [-0.05, 0) is 57.1 Å². The molecule has 0 aromatic heterocycles. The number of nitrogens with zero attached hydrogens (tertiary/aromatic N) is 1. The fraction of sp³-hybridized carbons (Fsp3) is 0.625. The first kappa shape index (κ1) is 15.2. The standard InChI is InChI=1S/C16H28N2/c1-14(2)12-15-6-8-16(9-7-15)13-17-10-5-11-18(3)4/h6-9,14,17H,5,10-13H2,1-4H3. The van der Waals surface area contributed by atoms with Crippen LogP contribution >= 0.6 is 0 Å². The Kier molecular flexibility index (Phi) is 6.99. The van der Waals surface area contributed by atoms with Crippen molar-refractivity contribution in [1.82, 2.24) is 10.2 Å². The fourth-order valence-corrected chi connectivity index (χ4v) is 2.02. The van der Waals surface area contributed by atoms with Crippen LogP contribution in [0.4, 0.5) is 0 Å². The molecule has 2 heteroatoms. The molecule has 2 nitrogen and oxygen atoms in total. The Balaban J connectivity index is 2.22. The van der Waals surface area contributed by atoms with Crippen molar-refractivity contribution in [2.45, 2.75) is 33.2 Å². The molecule has 1 aromatic rings. The number of nitrogens with one attached hydrogen (secondary N) is 1. The van der Waals surface area contributed by atoms with Crippen LogP contribution in [0, 0.1) is 5.92 Å². The van der Waals surface area contributed by atoms with Gasteiger partial charge in [0.1, 0.15) is 0 Å². The van der Waals surface area contributed by atoms with E-state index in [0.29, 0.717) is 0 Å². The van der Waals surface area contributed by atoms with Gasteiger partial charge in [-0.25, -0.2) is 0 Å². The molecule has 0 saturated carbocycles. The predicted molar refractivity (Wildman–Crippen MR) is 79.9 cm³/mol. The van der Waals surface area contributed by atoms with Gasteiger partial charge in [-0.1, -0.05) is 38.1 Å². The van der Waals surface area contributed by atoms with Crippen LogP contribution in [-0.4, -0.2) is 32.1 Å². The fourth-order valence-electron chi connectivity index (χ4n) is 2.02. The van der Waals surface area contributed by atoms with Crippen LogP contribution in [0.15, 0.2) is 24.3 Å². The molecular formula is C16H28N2. The molecule has 1 rings (SSSR count). The van der Waals surface area contributed by atoms with E-state index in [1.807, 2.05) is 0 Å². The van der Waals surface area contributed by atoms with E-state index in [-0.39, 0.29) is 0 Å². The highest BCUT2D eigenvalue weighted by Crippen LogP contribution is 2.09. The van der Waals surface area contributed by atoms with Crippen molar-refractivity contribution in [3.05, 3.63) is 35.4 Å². The van der Waals surface area contributed by atoms with Crippen molar-refractivity contribution >= 4 is 0 Å². The largest absolute Gasteiger partial charge is 0.313 e. The van der Waals surface area contributed by atoms with Crippen LogP contribution in [-0.2, 0) is 13.0 Å². The second kappa shape index (κ2) is 8.28. The minimum absolute atomic E-state index is 0.736. The summed E-state index contributed by atoms with van der Waals surface area (Å²) in [5, 5.41) is 3.49. The molecule has 0 radical (unpaired) electrons. The Hall–Kier alpha value is -0.860. The lowest BCUT2D eigenvalue weighted by Crippen LogP contribution is -2.20. The third-order valence-corrected chi connectivity index (χ3v) is 2.95. The highest BCUT2D eigenvalue weighted by atomic mass is 15.0. The Morgan fingerprint density at radius 2 is 1.67 bits per heavy atom. The van der Waals surface area contributed by atoms with Crippen LogP contribution < -0.4 is 5.32 Å². The van der Waals surface area contributed by atoms with Gasteiger partial charge < -0.3 is 10.2 Å². The molecule has 0 bridgehead atoms. The third-order valence-electron chi connectivity index (χ3n) is 2.95. The zero-order valence-corrected chi connectivity index (χ0v) is 12.4. The number of rotatable bonds is 8. The van der Waals surface area contributed by atoms with Gasteiger partial charge in [-0.2, -0.15) is 0 Å². The lowest BCUT2D eigenvalue weighted by atomic mass is 10.0. The molecule has 0 aliphatic carbocycles. The minimum Gasteiger partial charge on any atom is -0.313 e. The Morgan fingerprint density at radius 1 is 1.06 bits per heavy atom. The molecule has 0 fully saturated rings. The number of hydrogen-bond donors (Lipinski definition) is 1. The van der Waals surface area contributed by atoms with Gasteiger partial charge >= 0.3 is 0 Å². The molecule has 0 aliphatic rings. The van der Waals surface area contributed by atoms with Crippen LogP contribution in [0.5, 0.6) is 0 Å². The predicted octanol–water partition coefficient (Wildman–Crippen LogP) is 2.93. The molecule has 0 spiro atoms. The van der Waals surface area contributed by atoms with Crippen LogP contribution in [0.3, 0.4) is 0 Å². The first-order chi connectivity index (χ1) is 8.58. The maximum absolute atomic E-state index is 3.49. The van der Waals surface area contributed by atoms with E-state index in [1.165, 1.54) is 24.0 Å². The van der Waals surface area contributed by atoms with Crippen molar-refractivity contribution in [3.8, 4) is 0 Å². The van der Waals surface area contributed by atoms with Crippen LogP contribution in [0.1, 0.15) is 31.4 Å². The average molecular weight is 248 g/mol.